The van der Waals surface area contributed by atoms with Crippen molar-refractivity contribution in [2.24, 2.45) is 9.98 Å². The summed E-state index contributed by atoms with van der Waals surface area (Å²) in [6, 6.07) is 29.8. The second-order valence-electron chi connectivity index (χ2n) is 17.0. The van der Waals surface area contributed by atoms with Gasteiger partial charge in [0.25, 0.3) is 5.91 Å². The molecule has 2 atom stereocenters. The maximum atomic E-state index is 14.0. The van der Waals surface area contributed by atoms with Crippen LogP contribution in [0, 0.1) is 12.1 Å². The molecule has 0 fully saturated rings. The zero-order chi connectivity index (χ0) is 48.0. The Morgan fingerprint density at radius 1 is 0.912 bits per heavy atom. The van der Waals surface area contributed by atoms with Gasteiger partial charge in [0.15, 0.2) is 29.3 Å². The number of anilines is 3. The monoisotopic (exact) mass is 952 g/mol. The van der Waals surface area contributed by atoms with Crippen LogP contribution in [0.1, 0.15) is 69.7 Å². The summed E-state index contributed by atoms with van der Waals surface area (Å²) in [5.74, 6) is 1.72. The number of nitrogens with zero attached hydrogens (tertiary/aromatic N) is 4. The van der Waals surface area contributed by atoms with E-state index in [0.29, 0.717) is 87.3 Å². The largest absolute Gasteiger partial charge is 0.493 e. The molecule has 2 N–H and O–H groups in total. The molecule has 0 aromatic heterocycles. The molecule has 16 heteroatoms. The number of rotatable bonds is 19. The lowest BCUT2D eigenvalue weighted by Crippen LogP contribution is -2.37. The predicted molar refractivity (Wildman–Crippen MR) is 270 cm³/mol. The molecular weight excluding hydrogens is 901 g/mol. The van der Waals surface area contributed by atoms with Gasteiger partial charge in [0.2, 0.25) is 11.8 Å². The minimum Gasteiger partial charge on any atom is -0.493 e. The Labute approximate surface area is 404 Å². The first-order valence-corrected chi connectivity index (χ1v) is 24.4. The van der Waals surface area contributed by atoms with E-state index in [1.165, 1.54) is 30.6 Å². The Morgan fingerprint density at radius 3 is 2.35 bits per heavy atom. The average molecular weight is 953 g/mol. The number of hydrogen-bond donors (Lipinski definition) is 2. The van der Waals surface area contributed by atoms with Crippen LogP contribution in [0.3, 0.4) is 0 Å². The van der Waals surface area contributed by atoms with Gasteiger partial charge in [-0.2, -0.15) is 0 Å². The fourth-order valence-corrected chi connectivity index (χ4v) is 10.7. The van der Waals surface area contributed by atoms with Crippen LogP contribution in [0.25, 0.3) is 0 Å². The number of carbonyl (C=O) groups is 4. The Balaban J connectivity index is 1.04. The summed E-state index contributed by atoms with van der Waals surface area (Å²) in [6.07, 6.45) is 6.90. The van der Waals surface area contributed by atoms with Crippen molar-refractivity contribution in [2.45, 2.75) is 69.6 Å². The number of para-hydroxylation sites is 1. The van der Waals surface area contributed by atoms with Crippen LogP contribution in [0.5, 0.6) is 23.0 Å². The summed E-state index contributed by atoms with van der Waals surface area (Å²) < 4.78 is 23.5. The molecule has 0 aliphatic carbocycles. The Hall–Kier alpha value is -6.96. The van der Waals surface area contributed by atoms with Crippen molar-refractivity contribution >= 4 is 86.5 Å². The van der Waals surface area contributed by atoms with E-state index < -0.39 is 4.75 Å². The smallest absolute Gasteiger partial charge is 0.261 e. The van der Waals surface area contributed by atoms with Crippen molar-refractivity contribution in [2.75, 3.05) is 49.2 Å². The molecule has 3 amide bonds. The van der Waals surface area contributed by atoms with Crippen LogP contribution in [-0.4, -0.2) is 87.3 Å². The molecule has 5 aromatic carbocycles. The number of methoxy groups -OCH3 is 2. The van der Waals surface area contributed by atoms with Crippen LogP contribution in [-0.2, 0) is 35.6 Å². The van der Waals surface area contributed by atoms with Gasteiger partial charge in [0.1, 0.15) is 13.2 Å². The number of amides is 3. The second kappa shape index (κ2) is 20.9. The summed E-state index contributed by atoms with van der Waals surface area (Å²) in [7, 11) is 9.65. The van der Waals surface area contributed by atoms with Gasteiger partial charge in [-0.15, -0.1) is 0 Å². The van der Waals surface area contributed by atoms with Gasteiger partial charge in [-0.05, 0) is 91.4 Å². The molecule has 8 rings (SSSR count). The molecule has 0 saturated carbocycles. The normalized spacial score (nSPS) is 15.7. The summed E-state index contributed by atoms with van der Waals surface area (Å²) in [5, 5.41) is 5.74. The molecule has 3 aliphatic rings. The first-order chi connectivity index (χ1) is 32.9. The quantitative estimate of drug-likeness (QED) is 0.0352. The number of aldehydes is 1. The van der Waals surface area contributed by atoms with E-state index in [0.717, 1.165) is 29.6 Å². The van der Waals surface area contributed by atoms with Crippen molar-refractivity contribution < 1.29 is 38.1 Å². The molecule has 0 spiro atoms. The zero-order valence-corrected chi connectivity index (χ0v) is 40.3. The fraction of sp³-hybridized carbons (Fsp3) is 0.308. The number of fused-ring (bicyclic) bond motifs is 5. The molecule has 3 heterocycles. The van der Waals surface area contributed by atoms with Gasteiger partial charge in [0.05, 0.1) is 53.7 Å². The van der Waals surface area contributed by atoms with Crippen molar-refractivity contribution in [1.29, 1.82) is 0 Å². The molecule has 350 valence electrons. The third-order valence-electron chi connectivity index (χ3n) is 12.0. The molecule has 0 saturated heterocycles. The molecule has 68 heavy (non-hydrogen) atoms. The van der Waals surface area contributed by atoms with Gasteiger partial charge < -0.3 is 34.5 Å². The zero-order valence-electron chi connectivity index (χ0n) is 38.7. The minimum atomic E-state index is -0.831. The van der Waals surface area contributed by atoms with E-state index in [2.05, 4.69) is 39.8 Å². The van der Waals surface area contributed by atoms with Gasteiger partial charge in [-0.1, -0.05) is 51.9 Å². The maximum absolute atomic E-state index is 14.0. The molecule has 0 radical (unpaired) electrons. The summed E-state index contributed by atoms with van der Waals surface area (Å²) in [5.41, 5.74) is 7.70. The lowest BCUT2D eigenvalue weighted by Gasteiger charge is -2.23. The number of hydrogen-bond acceptors (Lipinski definition) is 13. The summed E-state index contributed by atoms with van der Waals surface area (Å²) in [6.45, 7) is 3.80. The van der Waals surface area contributed by atoms with Crippen LogP contribution in [0.15, 0.2) is 88.8 Å². The van der Waals surface area contributed by atoms with Crippen molar-refractivity contribution in [3.05, 3.63) is 124 Å². The van der Waals surface area contributed by atoms with E-state index in [9.17, 15) is 19.2 Å². The lowest BCUT2D eigenvalue weighted by atomic mass is 10.1. The Bertz CT molecular complexity index is 2800. The summed E-state index contributed by atoms with van der Waals surface area (Å²) >= 11 is 0. The Kier molecular flexibility index (Phi) is 14.6. The van der Waals surface area contributed by atoms with E-state index in [4.69, 9.17) is 28.9 Å². The number of aliphatic imine (C=N–C) groups is 2. The molecule has 5 aromatic rings. The lowest BCUT2D eigenvalue weighted by molar-refractivity contribution is -0.120. The van der Waals surface area contributed by atoms with E-state index in [1.807, 2.05) is 63.5 Å². The van der Waals surface area contributed by atoms with Crippen LogP contribution >= 0.6 is 21.6 Å². The van der Waals surface area contributed by atoms with Crippen LogP contribution < -0.4 is 39.4 Å². The first kappa shape index (κ1) is 47.5. The topological polar surface area (TPSA) is 160 Å². The summed E-state index contributed by atoms with van der Waals surface area (Å²) in [4.78, 5) is 65.3. The number of ether oxygens (including phenoxy) is 4. The highest BCUT2D eigenvalue weighted by molar-refractivity contribution is 8.77. The van der Waals surface area contributed by atoms with E-state index in [1.54, 1.807) is 59.3 Å². The van der Waals surface area contributed by atoms with Gasteiger partial charge in [-0.3, -0.25) is 34.1 Å². The number of likely N-dealkylation sites (N-methyl/N-ethyl adjacent to an activating group) is 1. The molecule has 0 bridgehead atoms. The highest BCUT2D eigenvalue weighted by Gasteiger charge is 2.37. The van der Waals surface area contributed by atoms with E-state index in [-0.39, 0.29) is 43.0 Å². The van der Waals surface area contributed by atoms with Gasteiger partial charge in [0, 0.05) is 80.3 Å². The molecule has 3 aliphatic heterocycles. The highest BCUT2D eigenvalue weighted by Crippen LogP contribution is 2.42. The van der Waals surface area contributed by atoms with Gasteiger partial charge in [-0.25, -0.2) is 0 Å². The number of nitrogens with one attached hydrogen (secondary N) is 2. The predicted octanol–water partition coefficient (Wildman–Crippen LogP) is 8.95. The standard InChI is InChI=1S/C52H52N6O8S2/c1-52(2,68-67-17-11-16-49(60)53-3)51(62)56-37-19-32(30-65-47-25-41(36(29-59)23-45(47)63-5)54-27-38-21-34-12-7-9-14-43(34)57(38)4)18-33(20-37)31-66-48-26-42-40(24-46(48)64-6)50(61)58-39(28-55-42)22-35-13-8-10-15-44(35)58/h7,9,12-15,18-20,23-29,38-39H,11,16-17,21-22,30-31H2,1-6H3,(H,53,60)(H,56,62)/t38?,39-/m0/s1. The minimum absolute atomic E-state index is 0.00248. The van der Waals surface area contributed by atoms with Crippen molar-refractivity contribution in [1.82, 2.24) is 5.32 Å². The molecular formula is C52H52N6O8S2. The third kappa shape index (κ3) is 10.4. The Morgan fingerprint density at radius 2 is 1.63 bits per heavy atom. The number of carbonyl (C=O) groups excluding carboxylic acids is 4. The van der Waals surface area contributed by atoms with E-state index >= 15 is 0 Å². The average Bonchev–Trinajstić information content (AvgIpc) is 3.85. The second-order valence-corrected chi connectivity index (χ2v) is 20.0. The molecule has 1 unspecified atom stereocenters. The van der Waals surface area contributed by atoms with Gasteiger partial charge >= 0.3 is 0 Å². The van der Waals surface area contributed by atoms with Crippen molar-refractivity contribution in [3.63, 3.8) is 0 Å². The van der Waals surface area contributed by atoms with Crippen molar-refractivity contribution in [3.8, 4) is 23.0 Å². The SMILES string of the molecule is CNC(=O)CCCSSC(C)(C)C(=O)Nc1cc(COc2cc(N=CC3Cc4ccccc4N3C)c(C=O)cc2OC)cc(COc2cc3c(cc2OC)C(=O)N2c4cc#ccc4C[C@H]2C=N3)c1. The maximum Gasteiger partial charge on any atom is 0.261 e. The van der Waals surface area contributed by atoms with Crippen LogP contribution in [0.4, 0.5) is 28.4 Å². The fourth-order valence-electron chi connectivity index (χ4n) is 8.24. The molecule has 14 nitrogen and oxygen atoms in total. The highest BCUT2D eigenvalue weighted by atomic mass is 33.1. The first-order valence-electron chi connectivity index (χ1n) is 22.1. The third-order valence-corrected chi connectivity index (χ3v) is 15.2. The van der Waals surface area contributed by atoms with Crippen LogP contribution in [0.2, 0.25) is 0 Å². The number of benzene rings is 4.